The first-order valence-corrected chi connectivity index (χ1v) is 12.6. The Morgan fingerprint density at radius 3 is 2.47 bits per heavy atom. The number of H-pyrrole nitrogens is 1. The number of rotatable bonds is 6. The van der Waals surface area contributed by atoms with Crippen molar-refractivity contribution in [1.29, 1.82) is 0 Å². The van der Waals surface area contributed by atoms with Crippen LogP contribution in [0.4, 0.5) is 13.2 Å². The number of para-hydroxylation sites is 1. The number of nitrogens with zero attached hydrogens (tertiary/aromatic N) is 2. The number of halogens is 3. The molecule has 3 heterocycles. The Balaban J connectivity index is 1.51. The maximum atomic E-state index is 15.8. The normalized spacial score (nSPS) is 21.8. The van der Waals surface area contributed by atoms with Gasteiger partial charge in [-0.05, 0) is 36.5 Å². The first kappa shape index (κ1) is 24.9. The minimum absolute atomic E-state index is 0.0503. The van der Waals surface area contributed by atoms with Crippen molar-refractivity contribution in [3.63, 3.8) is 0 Å². The molecule has 2 aromatic carbocycles. The molecule has 3 aromatic rings. The fourth-order valence-electron chi connectivity index (χ4n) is 5.63. The van der Waals surface area contributed by atoms with E-state index in [2.05, 4.69) is 43.6 Å². The lowest BCUT2D eigenvalue weighted by Crippen LogP contribution is -2.53. The van der Waals surface area contributed by atoms with Crippen LogP contribution in [-0.4, -0.2) is 53.1 Å². The molecular formula is C29H34F3N3O. The fraction of sp³-hybridized carbons (Fsp3) is 0.448. The molecule has 1 saturated heterocycles. The first-order valence-electron chi connectivity index (χ1n) is 12.6. The summed E-state index contributed by atoms with van der Waals surface area (Å²) in [5.74, 6) is -1.03. The van der Waals surface area contributed by atoms with Gasteiger partial charge in [0.15, 0.2) is 0 Å². The van der Waals surface area contributed by atoms with E-state index in [9.17, 15) is 4.39 Å². The van der Waals surface area contributed by atoms with Crippen molar-refractivity contribution in [3.8, 4) is 5.75 Å². The van der Waals surface area contributed by atoms with Crippen LogP contribution in [0.25, 0.3) is 10.9 Å². The van der Waals surface area contributed by atoms with Gasteiger partial charge in [0.05, 0.1) is 12.4 Å². The van der Waals surface area contributed by atoms with Crippen LogP contribution in [0.15, 0.2) is 48.8 Å². The van der Waals surface area contributed by atoms with Gasteiger partial charge < -0.3 is 9.72 Å². The van der Waals surface area contributed by atoms with Crippen LogP contribution in [0.2, 0.25) is 0 Å². The predicted octanol–water partition coefficient (Wildman–Crippen LogP) is 6.37. The van der Waals surface area contributed by atoms with Gasteiger partial charge in [-0.3, -0.25) is 9.80 Å². The average Bonchev–Trinajstić information content (AvgIpc) is 3.14. The number of likely N-dealkylation sites (tertiary alicyclic amines) is 1. The van der Waals surface area contributed by atoms with E-state index in [4.69, 9.17) is 4.74 Å². The Morgan fingerprint density at radius 2 is 1.81 bits per heavy atom. The van der Waals surface area contributed by atoms with E-state index in [-0.39, 0.29) is 28.9 Å². The van der Waals surface area contributed by atoms with Crippen molar-refractivity contribution in [2.75, 3.05) is 26.2 Å². The molecule has 0 spiro atoms. The summed E-state index contributed by atoms with van der Waals surface area (Å²) in [5.41, 5.74) is 2.97. The number of fused-ring (bicyclic) bond motifs is 3. The van der Waals surface area contributed by atoms with E-state index < -0.39 is 17.7 Å². The number of ether oxygens (including phenoxy) is 1. The van der Waals surface area contributed by atoms with Gasteiger partial charge in [0, 0.05) is 66.5 Å². The van der Waals surface area contributed by atoms with Crippen LogP contribution in [0.5, 0.6) is 5.75 Å². The molecule has 1 N–H and O–H groups in total. The van der Waals surface area contributed by atoms with Crippen LogP contribution < -0.4 is 4.74 Å². The van der Waals surface area contributed by atoms with Gasteiger partial charge in [0.2, 0.25) is 0 Å². The number of aromatic amines is 1. The highest BCUT2D eigenvalue weighted by molar-refractivity contribution is 5.85. The molecular weight excluding hydrogens is 463 g/mol. The summed E-state index contributed by atoms with van der Waals surface area (Å²) in [7, 11) is 0. The van der Waals surface area contributed by atoms with E-state index in [1.54, 1.807) is 0 Å². The summed E-state index contributed by atoms with van der Waals surface area (Å²) in [6.07, 6.45) is 2.59. The van der Waals surface area contributed by atoms with E-state index in [1.165, 1.54) is 18.2 Å². The van der Waals surface area contributed by atoms with Crippen molar-refractivity contribution in [3.05, 3.63) is 77.3 Å². The SMILES string of the molecule is C[C@@H]1Cc2c([nH]c3ccccc23)[C@@H](c2c(F)cc(OC3CN(C/C=C/F)C3)cc2F)N1CC(C)(C)C. The number of benzene rings is 2. The molecule has 0 radical (unpaired) electrons. The van der Waals surface area contributed by atoms with Crippen molar-refractivity contribution in [2.24, 2.45) is 5.41 Å². The summed E-state index contributed by atoms with van der Waals surface area (Å²) in [5, 5.41) is 1.11. The highest BCUT2D eigenvalue weighted by Gasteiger charge is 2.40. The molecule has 2 aliphatic rings. The van der Waals surface area contributed by atoms with Gasteiger partial charge in [-0.25, -0.2) is 13.2 Å². The minimum atomic E-state index is -0.607. The standard InChI is InChI=1S/C29H34F3N3O/c1-18-12-22-21-8-5-6-9-25(21)33-27(22)28(35(18)17-29(2,3)4)26-23(31)13-19(14-24(26)32)36-20-15-34(16-20)11-7-10-30/h5-10,13-14,18,20,28,33H,11-12,15-17H2,1-4H3/b10-7+/t18-,28-/m1/s1. The molecule has 36 heavy (non-hydrogen) atoms. The van der Waals surface area contributed by atoms with E-state index in [0.717, 1.165) is 28.6 Å². The molecule has 7 heteroatoms. The topological polar surface area (TPSA) is 31.5 Å². The van der Waals surface area contributed by atoms with Crippen molar-refractivity contribution >= 4 is 10.9 Å². The van der Waals surface area contributed by atoms with Crippen molar-refractivity contribution in [2.45, 2.75) is 52.3 Å². The Morgan fingerprint density at radius 1 is 1.11 bits per heavy atom. The largest absolute Gasteiger partial charge is 0.488 e. The van der Waals surface area contributed by atoms with Crippen LogP contribution in [0.3, 0.4) is 0 Å². The van der Waals surface area contributed by atoms with E-state index in [1.807, 2.05) is 23.1 Å². The molecule has 2 atom stereocenters. The molecule has 192 valence electrons. The quantitative estimate of drug-likeness (QED) is 0.429. The third-order valence-corrected chi connectivity index (χ3v) is 7.18. The first-order chi connectivity index (χ1) is 17.1. The van der Waals surface area contributed by atoms with Crippen molar-refractivity contribution in [1.82, 2.24) is 14.8 Å². The van der Waals surface area contributed by atoms with Gasteiger partial charge in [-0.2, -0.15) is 0 Å². The zero-order valence-corrected chi connectivity index (χ0v) is 21.3. The Bertz CT molecular complexity index is 1250. The minimum Gasteiger partial charge on any atom is -0.488 e. The predicted molar refractivity (Wildman–Crippen MR) is 137 cm³/mol. The van der Waals surface area contributed by atoms with Gasteiger partial charge in [-0.15, -0.1) is 0 Å². The molecule has 1 aromatic heterocycles. The highest BCUT2D eigenvalue weighted by Crippen LogP contribution is 2.44. The summed E-state index contributed by atoms with van der Waals surface area (Å²) in [4.78, 5) is 7.72. The highest BCUT2D eigenvalue weighted by atomic mass is 19.1. The Kier molecular flexibility index (Phi) is 6.64. The zero-order valence-electron chi connectivity index (χ0n) is 21.3. The molecule has 4 nitrogen and oxygen atoms in total. The summed E-state index contributed by atoms with van der Waals surface area (Å²) >= 11 is 0. The van der Waals surface area contributed by atoms with E-state index >= 15 is 8.78 Å². The second-order valence-corrected chi connectivity index (χ2v) is 11.4. The van der Waals surface area contributed by atoms with Crippen LogP contribution in [0.1, 0.15) is 50.6 Å². The van der Waals surface area contributed by atoms with Gasteiger partial charge in [0.1, 0.15) is 23.5 Å². The second-order valence-electron chi connectivity index (χ2n) is 11.4. The maximum Gasteiger partial charge on any atom is 0.135 e. The van der Waals surface area contributed by atoms with Crippen molar-refractivity contribution < 1.29 is 17.9 Å². The molecule has 0 aliphatic carbocycles. The average molecular weight is 498 g/mol. The van der Waals surface area contributed by atoms with Gasteiger partial charge in [0.25, 0.3) is 0 Å². The van der Waals surface area contributed by atoms with Crippen LogP contribution in [0, 0.1) is 17.0 Å². The third-order valence-electron chi connectivity index (χ3n) is 7.18. The Hall–Kier alpha value is -2.77. The number of nitrogens with one attached hydrogen (secondary N) is 1. The monoisotopic (exact) mass is 497 g/mol. The second kappa shape index (κ2) is 9.60. The lowest BCUT2D eigenvalue weighted by Gasteiger charge is -2.44. The molecule has 0 amide bonds. The molecule has 0 unspecified atom stereocenters. The lowest BCUT2D eigenvalue weighted by atomic mass is 9.85. The zero-order chi connectivity index (χ0) is 25.6. The van der Waals surface area contributed by atoms with Gasteiger partial charge in [-0.1, -0.05) is 39.0 Å². The molecule has 2 aliphatic heterocycles. The summed E-state index contributed by atoms with van der Waals surface area (Å²) in [6.45, 7) is 10.9. The van der Waals surface area contributed by atoms with Crippen LogP contribution >= 0.6 is 0 Å². The lowest BCUT2D eigenvalue weighted by molar-refractivity contribution is 0.0276. The van der Waals surface area contributed by atoms with Gasteiger partial charge >= 0.3 is 0 Å². The number of hydrogen-bond acceptors (Lipinski definition) is 3. The molecule has 0 bridgehead atoms. The fourth-order valence-corrected chi connectivity index (χ4v) is 5.63. The smallest absolute Gasteiger partial charge is 0.135 e. The summed E-state index contributed by atoms with van der Waals surface area (Å²) in [6, 6.07) is 10.2. The number of hydrogen-bond donors (Lipinski definition) is 1. The third kappa shape index (κ3) is 4.78. The molecule has 5 rings (SSSR count). The molecule has 0 saturated carbocycles. The number of aromatic nitrogens is 1. The summed E-state index contributed by atoms with van der Waals surface area (Å²) < 4.78 is 49.6. The molecule has 1 fully saturated rings. The van der Waals surface area contributed by atoms with Crippen LogP contribution in [-0.2, 0) is 6.42 Å². The van der Waals surface area contributed by atoms with E-state index in [0.29, 0.717) is 32.5 Å². The maximum absolute atomic E-state index is 15.8. The Labute approximate surface area is 210 Å².